The molecule has 14 heavy (non-hydrogen) atoms. The average molecular weight is 296 g/mol. The molecular weight excluding hydrogens is 283 g/mol. The first-order valence-corrected chi connectivity index (χ1v) is 5.98. The summed E-state index contributed by atoms with van der Waals surface area (Å²) in [5.41, 5.74) is 2.69. The van der Waals surface area contributed by atoms with Crippen LogP contribution in [0.5, 0.6) is 0 Å². The molecule has 1 atom stereocenters. The van der Waals surface area contributed by atoms with E-state index in [2.05, 4.69) is 72.0 Å². The Bertz CT molecular complexity index is 371. The second-order valence-electron chi connectivity index (χ2n) is 3.74. The molecule has 0 N–H and O–H groups in total. The van der Waals surface area contributed by atoms with Crippen molar-refractivity contribution >= 4 is 28.2 Å². The van der Waals surface area contributed by atoms with Gasteiger partial charge < -0.3 is 0 Å². The van der Waals surface area contributed by atoms with Crippen LogP contribution in [0.4, 0.5) is 0 Å². The first-order chi connectivity index (χ1) is 6.75. The maximum Gasteiger partial charge on any atom is 0.0130 e. The molecule has 0 spiro atoms. The molecule has 0 saturated carbocycles. The van der Waals surface area contributed by atoms with Crippen LogP contribution < -0.4 is 0 Å². The molecule has 0 aliphatic heterocycles. The summed E-state index contributed by atoms with van der Waals surface area (Å²) in [5.74, 6) is 0.697. The second kappa shape index (κ2) is 4.30. The monoisotopic (exact) mass is 296 g/mol. The topological polar surface area (TPSA) is 0 Å². The molecule has 0 saturated heterocycles. The summed E-state index contributed by atoms with van der Waals surface area (Å²) < 4.78 is 1.29. The zero-order valence-corrected chi connectivity index (χ0v) is 10.4. The van der Waals surface area contributed by atoms with Gasteiger partial charge in [0.05, 0.1) is 0 Å². The number of hydrogen-bond acceptors (Lipinski definition) is 0. The average Bonchev–Trinajstić information content (AvgIpc) is 2.21. The van der Waals surface area contributed by atoms with E-state index in [1.807, 2.05) is 0 Å². The summed E-state index contributed by atoms with van der Waals surface area (Å²) in [6, 6.07) is 8.69. The fourth-order valence-corrected chi connectivity index (χ4v) is 1.94. The number of benzene rings is 1. The van der Waals surface area contributed by atoms with Crippen LogP contribution >= 0.6 is 22.6 Å². The molecule has 0 fully saturated rings. The lowest BCUT2D eigenvalue weighted by atomic mass is 9.94. The van der Waals surface area contributed by atoms with Gasteiger partial charge in [-0.1, -0.05) is 37.3 Å². The summed E-state index contributed by atoms with van der Waals surface area (Å²) in [7, 11) is 0. The first-order valence-electron chi connectivity index (χ1n) is 4.90. The molecule has 1 heteroatoms. The Hall–Kier alpha value is -0.570. The van der Waals surface area contributed by atoms with Crippen LogP contribution in [0.2, 0.25) is 0 Å². The van der Waals surface area contributed by atoms with E-state index in [-0.39, 0.29) is 0 Å². The fraction of sp³-hybridized carbons (Fsp3) is 0.231. The quantitative estimate of drug-likeness (QED) is 0.679. The van der Waals surface area contributed by atoms with Crippen molar-refractivity contribution in [2.75, 3.05) is 0 Å². The Morgan fingerprint density at radius 2 is 1.93 bits per heavy atom. The van der Waals surface area contributed by atoms with E-state index in [9.17, 15) is 0 Å². The molecule has 1 aliphatic carbocycles. The molecule has 1 aliphatic rings. The van der Waals surface area contributed by atoms with Gasteiger partial charge in [-0.15, -0.1) is 0 Å². The van der Waals surface area contributed by atoms with Gasteiger partial charge in [-0.2, -0.15) is 0 Å². The van der Waals surface area contributed by atoms with Crippen molar-refractivity contribution in [3.05, 3.63) is 51.6 Å². The minimum Gasteiger partial charge on any atom is -0.0808 e. The highest BCUT2D eigenvalue weighted by Gasteiger charge is 2.04. The van der Waals surface area contributed by atoms with E-state index in [0.29, 0.717) is 5.92 Å². The van der Waals surface area contributed by atoms with E-state index in [4.69, 9.17) is 0 Å². The van der Waals surface area contributed by atoms with Gasteiger partial charge in [-0.3, -0.25) is 0 Å². The van der Waals surface area contributed by atoms with E-state index in [1.54, 1.807) is 0 Å². The summed E-state index contributed by atoms with van der Waals surface area (Å²) in [6.07, 6.45) is 8.01. The molecule has 0 bridgehead atoms. The van der Waals surface area contributed by atoms with Crippen molar-refractivity contribution in [2.45, 2.75) is 13.3 Å². The molecule has 1 unspecified atom stereocenters. The lowest BCUT2D eigenvalue weighted by Gasteiger charge is -2.11. The van der Waals surface area contributed by atoms with E-state index in [1.165, 1.54) is 14.7 Å². The van der Waals surface area contributed by atoms with Crippen molar-refractivity contribution in [3.63, 3.8) is 0 Å². The molecule has 2 rings (SSSR count). The van der Waals surface area contributed by atoms with Crippen molar-refractivity contribution in [2.24, 2.45) is 5.92 Å². The van der Waals surface area contributed by atoms with Crippen LogP contribution in [0.3, 0.4) is 0 Å². The van der Waals surface area contributed by atoms with Gasteiger partial charge in [0.25, 0.3) is 0 Å². The standard InChI is InChI=1S/C13H13I/c1-10-2-4-11(5-3-10)12-6-8-13(14)9-7-12/h2,4-10H,3H2,1H3. The highest BCUT2D eigenvalue weighted by atomic mass is 127. The molecule has 0 nitrogen and oxygen atoms in total. The van der Waals surface area contributed by atoms with Crippen molar-refractivity contribution < 1.29 is 0 Å². The van der Waals surface area contributed by atoms with Gasteiger partial charge in [0, 0.05) is 3.57 Å². The van der Waals surface area contributed by atoms with Gasteiger partial charge in [-0.05, 0) is 58.2 Å². The molecule has 72 valence electrons. The maximum atomic E-state index is 2.33. The van der Waals surface area contributed by atoms with E-state index < -0.39 is 0 Å². The molecule has 0 aromatic heterocycles. The fourth-order valence-electron chi connectivity index (χ4n) is 1.58. The lowest BCUT2D eigenvalue weighted by Crippen LogP contribution is -1.94. The van der Waals surface area contributed by atoms with Gasteiger partial charge in [0.15, 0.2) is 0 Å². The minimum atomic E-state index is 0.697. The van der Waals surface area contributed by atoms with Crippen LogP contribution in [-0.2, 0) is 0 Å². The number of hydrogen-bond donors (Lipinski definition) is 0. The highest BCUT2D eigenvalue weighted by molar-refractivity contribution is 14.1. The third kappa shape index (κ3) is 2.27. The first kappa shape index (κ1) is 9.97. The van der Waals surface area contributed by atoms with Gasteiger partial charge >= 0.3 is 0 Å². The largest absolute Gasteiger partial charge is 0.0808 e. The van der Waals surface area contributed by atoms with Crippen molar-refractivity contribution in [3.8, 4) is 0 Å². The Morgan fingerprint density at radius 3 is 2.50 bits per heavy atom. The Balaban J connectivity index is 2.24. The zero-order chi connectivity index (χ0) is 9.97. The zero-order valence-electron chi connectivity index (χ0n) is 8.20. The third-order valence-electron chi connectivity index (χ3n) is 2.49. The smallest absolute Gasteiger partial charge is 0.0130 e. The summed E-state index contributed by atoms with van der Waals surface area (Å²) in [4.78, 5) is 0. The number of halogens is 1. The summed E-state index contributed by atoms with van der Waals surface area (Å²) >= 11 is 2.33. The normalized spacial score (nSPS) is 20.7. The van der Waals surface area contributed by atoms with Crippen molar-refractivity contribution in [1.82, 2.24) is 0 Å². The van der Waals surface area contributed by atoms with Crippen LogP contribution in [0.15, 0.2) is 42.5 Å². The predicted octanol–water partition coefficient (Wildman–Crippen LogP) is 4.27. The van der Waals surface area contributed by atoms with Gasteiger partial charge in [-0.25, -0.2) is 0 Å². The Morgan fingerprint density at radius 1 is 1.21 bits per heavy atom. The van der Waals surface area contributed by atoms with Gasteiger partial charge in [0.2, 0.25) is 0 Å². The Kier molecular flexibility index (Phi) is 3.06. The van der Waals surface area contributed by atoms with Crippen LogP contribution in [0, 0.1) is 9.49 Å². The highest BCUT2D eigenvalue weighted by Crippen LogP contribution is 2.24. The van der Waals surface area contributed by atoms with Crippen LogP contribution in [0.1, 0.15) is 18.9 Å². The number of allylic oxidation sites excluding steroid dienone is 4. The van der Waals surface area contributed by atoms with Crippen molar-refractivity contribution in [1.29, 1.82) is 0 Å². The SMILES string of the molecule is CC1C=CC(c2ccc(I)cc2)=CC1. The summed E-state index contributed by atoms with van der Waals surface area (Å²) in [5, 5.41) is 0. The van der Waals surface area contributed by atoms with Gasteiger partial charge in [0.1, 0.15) is 0 Å². The van der Waals surface area contributed by atoms with Crippen LogP contribution in [-0.4, -0.2) is 0 Å². The molecule has 0 heterocycles. The predicted molar refractivity (Wildman–Crippen MR) is 70.1 cm³/mol. The molecule has 0 amide bonds. The lowest BCUT2D eigenvalue weighted by molar-refractivity contribution is 0.739. The Labute approximate surface area is 98.9 Å². The third-order valence-corrected chi connectivity index (χ3v) is 3.21. The molecule has 1 aromatic rings. The van der Waals surface area contributed by atoms with E-state index in [0.717, 1.165) is 6.42 Å². The molecular formula is C13H13I. The molecule has 0 radical (unpaired) electrons. The maximum absolute atomic E-state index is 2.33. The van der Waals surface area contributed by atoms with E-state index >= 15 is 0 Å². The minimum absolute atomic E-state index is 0.697. The summed E-state index contributed by atoms with van der Waals surface area (Å²) in [6.45, 7) is 2.25. The molecule has 1 aromatic carbocycles. The number of rotatable bonds is 1. The van der Waals surface area contributed by atoms with Crippen LogP contribution in [0.25, 0.3) is 5.57 Å². The second-order valence-corrected chi connectivity index (χ2v) is 4.98.